The van der Waals surface area contributed by atoms with Crippen LogP contribution in [0.3, 0.4) is 0 Å². The number of aromatic nitrogens is 2. The van der Waals surface area contributed by atoms with E-state index in [2.05, 4.69) is 20.2 Å². The number of rotatable bonds is 4. The van der Waals surface area contributed by atoms with Crippen molar-refractivity contribution in [2.45, 2.75) is 18.9 Å². The average Bonchev–Trinajstić information content (AvgIpc) is 2.99. The van der Waals surface area contributed by atoms with Gasteiger partial charge in [0.25, 0.3) is 0 Å². The van der Waals surface area contributed by atoms with E-state index in [-0.39, 0.29) is 0 Å². The quantitative estimate of drug-likeness (QED) is 0.645. The SMILES string of the molecule is CN[C@H]1CCCN(c2ccnc3[nH]cc(C(=N)/C=C\N)c23)C1. The lowest BCUT2D eigenvalue weighted by molar-refractivity contribution is 0.450. The van der Waals surface area contributed by atoms with Gasteiger partial charge in [0, 0.05) is 37.1 Å². The highest BCUT2D eigenvalue weighted by atomic mass is 15.2. The smallest absolute Gasteiger partial charge is 0.140 e. The maximum atomic E-state index is 8.17. The Morgan fingerprint density at radius 3 is 3.23 bits per heavy atom. The first-order valence-corrected chi connectivity index (χ1v) is 7.60. The van der Waals surface area contributed by atoms with Gasteiger partial charge in [-0.05, 0) is 38.2 Å². The molecule has 0 aliphatic carbocycles. The molecule has 1 saturated heterocycles. The van der Waals surface area contributed by atoms with Crippen molar-refractivity contribution in [3.8, 4) is 0 Å². The van der Waals surface area contributed by atoms with E-state index in [1.54, 1.807) is 6.08 Å². The summed E-state index contributed by atoms with van der Waals surface area (Å²) in [4.78, 5) is 9.93. The second-order valence-electron chi connectivity index (χ2n) is 5.60. The molecule has 3 heterocycles. The molecule has 0 radical (unpaired) electrons. The number of aromatic amines is 1. The van der Waals surface area contributed by atoms with E-state index in [0.29, 0.717) is 11.8 Å². The minimum Gasteiger partial charge on any atom is -0.405 e. The van der Waals surface area contributed by atoms with Crippen LogP contribution in [0, 0.1) is 5.41 Å². The first-order valence-electron chi connectivity index (χ1n) is 7.60. The van der Waals surface area contributed by atoms with Gasteiger partial charge in [0.15, 0.2) is 0 Å². The number of hydrogen-bond donors (Lipinski definition) is 4. The van der Waals surface area contributed by atoms with Crippen molar-refractivity contribution in [3.63, 3.8) is 0 Å². The minimum absolute atomic E-state index is 0.394. The third kappa shape index (κ3) is 2.57. The minimum atomic E-state index is 0.394. The summed E-state index contributed by atoms with van der Waals surface area (Å²) in [6.45, 7) is 2.00. The molecule has 0 amide bonds. The van der Waals surface area contributed by atoms with Crippen LogP contribution in [-0.4, -0.2) is 41.9 Å². The molecule has 1 fully saturated rings. The van der Waals surface area contributed by atoms with E-state index < -0.39 is 0 Å². The standard InChI is InChI=1S/C16H22N6/c1-19-11-3-2-8-22(10-11)14-5-7-20-16-15(14)12(9-21-16)13(18)4-6-17/h4-7,9,11,18-19H,2-3,8,10,17H2,1H3,(H,20,21)/b6-4-,18-13?/t11-/m0/s1. The van der Waals surface area contributed by atoms with Crippen LogP contribution in [0.15, 0.2) is 30.7 Å². The van der Waals surface area contributed by atoms with Gasteiger partial charge in [-0.2, -0.15) is 0 Å². The molecule has 6 heteroatoms. The fourth-order valence-corrected chi connectivity index (χ4v) is 3.13. The average molecular weight is 298 g/mol. The molecular weight excluding hydrogens is 276 g/mol. The molecule has 0 saturated carbocycles. The first-order chi connectivity index (χ1) is 10.7. The number of nitrogens with two attached hydrogens (primary N) is 1. The number of fused-ring (bicyclic) bond motifs is 1. The van der Waals surface area contributed by atoms with Gasteiger partial charge in [-0.1, -0.05) is 0 Å². The number of pyridine rings is 1. The summed E-state index contributed by atoms with van der Waals surface area (Å²) in [6.07, 6.45) is 9.02. The molecular formula is C16H22N6. The topological polar surface area (TPSA) is 93.8 Å². The summed E-state index contributed by atoms with van der Waals surface area (Å²) < 4.78 is 0. The van der Waals surface area contributed by atoms with Crippen LogP contribution in [0.5, 0.6) is 0 Å². The molecule has 1 aliphatic rings. The molecule has 1 atom stereocenters. The molecule has 1 aliphatic heterocycles. The van der Waals surface area contributed by atoms with Gasteiger partial charge in [0.1, 0.15) is 5.65 Å². The van der Waals surface area contributed by atoms with E-state index in [9.17, 15) is 0 Å². The lowest BCUT2D eigenvalue weighted by Gasteiger charge is -2.34. The Morgan fingerprint density at radius 2 is 2.45 bits per heavy atom. The highest BCUT2D eigenvalue weighted by Gasteiger charge is 2.22. The van der Waals surface area contributed by atoms with Gasteiger partial charge in [-0.25, -0.2) is 4.98 Å². The highest BCUT2D eigenvalue weighted by Crippen LogP contribution is 2.30. The van der Waals surface area contributed by atoms with Crippen molar-refractivity contribution in [1.29, 1.82) is 5.41 Å². The largest absolute Gasteiger partial charge is 0.405 e. The van der Waals surface area contributed by atoms with Crippen molar-refractivity contribution in [3.05, 3.63) is 36.3 Å². The van der Waals surface area contributed by atoms with Crippen LogP contribution in [0.1, 0.15) is 18.4 Å². The third-order valence-electron chi connectivity index (χ3n) is 4.27. The monoisotopic (exact) mass is 298 g/mol. The zero-order valence-corrected chi connectivity index (χ0v) is 12.8. The summed E-state index contributed by atoms with van der Waals surface area (Å²) in [5, 5.41) is 12.5. The Balaban J connectivity index is 2.05. The van der Waals surface area contributed by atoms with E-state index in [1.807, 2.05) is 25.5 Å². The van der Waals surface area contributed by atoms with Crippen molar-refractivity contribution in [1.82, 2.24) is 15.3 Å². The molecule has 2 aromatic rings. The molecule has 22 heavy (non-hydrogen) atoms. The maximum Gasteiger partial charge on any atom is 0.140 e. The second kappa shape index (κ2) is 6.19. The number of hydrogen-bond acceptors (Lipinski definition) is 5. The fourth-order valence-electron chi connectivity index (χ4n) is 3.13. The van der Waals surface area contributed by atoms with Crippen molar-refractivity contribution >= 4 is 22.4 Å². The summed E-state index contributed by atoms with van der Waals surface area (Å²) >= 11 is 0. The number of piperidine rings is 1. The number of H-pyrrole nitrogens is 1. The van der Waals surface area contributed by atoms with E-state index in [1.165, 1.54) is 12.6 Å². The van der Waals surface area contributed by atoms with Crippen LogP contribution < -0.4 is 16.0 Å². The Hall–Kier alpha value is -2.34. The zero-order chi connectivity index (χ0) is 15.5. The fraction of sp³-hybridized carbons (Fsp3) is 0.375. The Bertz CT molecular complexity index is 702. The predicted octanol–water partition coefficient (Wildman–Crippen LogP) is 1.59. The van der Waals surface area contributed by atoms with Gasteiger partial charge in [-0.3, -0.25) is 0 Å². The molecule has 0 spiro atoms. The van der Waals surface area contributed by atoms with Crippen LogP contribution in [0.25, 0.3) is 11.0 Å². The maximum absolute atomic E-state index is 8.17. The van der Waals surface area contributed by atoms with E-state index in [4.69, 9.17) is 11.1 Å². The second-order valence-corrected chi connectivity index (χ2v) is 5.60. The molecule has 6 nitrogen and oxygen atoms in total. The first kappa shape index (κ1) is 14.6. The molecule has 116 valence electrons. The Morgan fingerprint density at radius 1 is 1.59 bits per heavy atom. The van der Waals surface area contributed by atoms with Crippen LogP contribution >= 0.6 is 0 Å². The molecule has 2 aromatic heterocycles. The summed E-state index contributed by atoms with van der Waals surface area (Å²) in [5.41, 5.74) is 8.61. The van der Waals surface area contributed by atoms with Crippen LogP contribution in [0.2, 0.25) is 0 Å². The summed E-state index contributed by atoms with van der Waals surface area (Å²) in [5.74, 6) is 0. The van der Waals surface area contributed by atoms with E-state index in [0.717, 1.165) is 41.8 Å². The Labute approximate surface area is 129 Å². The number of likely N-dealkylation sites (N-methyl/N-ethyl adjacent to an activating group) is 1. The van der Waals surface area contributed by atoms with Gasteiger partial charge < -0.3 is 26.3 Å². The number of nitrogens with zero attached hydrogens (tertiary/aromatic N) is 2. The van der Waals surface area contributed by atoms with Crippen LogP contribution in [-0.2, 0) is 0 Å². The Kier molecular flexibility index (Phi) is 4.11. The molecule has 5 N–H and O–H groups in total. The van der Waals surface area contributed by atoms with Gasteiger partial charge in [0.05, 0.1) is 16.8 Å². The van der Waals surface area contributed by atoms with Crippen molar-refractivity contribution < 1.29 is 0 Å². The lowest BCUT2D eigenvalue weighted by Crippen LogP contribution is -2.44. The van der Waals surface area contributed by atoms with Crippen LogP contribution in [0.4, 0.5) is 5.69 Å². The molecule has 0 aromatic carbocycles. The van der Waals surface area contributed by atoms with E-state index >= 15 is 0 Å². The van der Waals surface area contributed by atoms with Crippen molar-refractivity contribution in [2.24, 2.45) is 5.73 Å². The number of allylic oxidation sites excluding steroid dienone is 1. The molecule has 3 rings (SSSR count). The summed E-state index contributed by atoms with van der Waals surface area (Å²) in [7, 11) is 2.01. The highest BCUT2D eigenvalue weighted by molar-refractivity contribution is 6.17. The van der Waals surface area contributed by atoms with Gasteiger partial charge >= 0.3 is 0 Å². The van der Waals surface area contributed by atoms with Crippen molar-refractivity contribution in [2.75, 3.05) is 25.0 Å². The number of anilines is 1. The molecule has 0 bridgehead atoms. The summed E-state index contributed by atoms with van der Waals surface area (Å²) in [6, 6.07) is 2.54. The zero-order valence-electron chi connectivity index (χ0n) is 12.8. The third-order valence-corrected chi connectivity index (χ3v) is 4.27. The number of nitrogens with one attached hydrogen (secondary N) is 3. The van der Waals surface area contributed by atoms with Gasteiger partial charge in [-0.15, -0.1) is 0 Å². The molecule has 0 unspecified atom stereocenters. The van der Waals surface area contributed by atoms with Gasteiger partial charge in [0.2, 0.25) is 0 Å². The normalized spacial score (nSPS) is 19.1. The predicted molar refractivity (Wildman–Crippen MR) is 90.5 cm³/mol. The lowest BCUT2D eigenvalue weighted by atomic mass is 10.0.